The summed E-state index contributed by atoms with van der Waals surface area (Å²) in [5.74, 6) is -0.139. The molecule has 0 saturated heterocycles. The van der Waals surface area contributed by atoms with Crippen LogP contribution in [0.1, 0.15) is 56.5 Å². The molecule has 6 heteroatoms. The maximum absolute atomic E-state index is 13.6. The van der Waals surface area contributed by atoms with Crippen molar-refractivity contribution in [3.05, 3.63) is 81.7 Å². The van der Waals surface area contributed by atoms with Crippen LogP contribution in [-0.2, 0) is 12.8 Å². The fourth-order valence-electron chi connectivity index (χ4n) is 4.84. The molecule has 2 aromatic carbocycles. The Kier molecular flexibility index (Phi) is 5.92. The molecule has 2 heterocycles. The number of carbonyl (C=O) groups excluding carboxylic acids is 2. The van der Waals surface area contributed by atoms with E-state index in [9.17, 15) is 9.59 Å². The van der Waals surface area contributed by atoms with Crippen LogP contribution >= 0.6 is 11.3 Å². The topological polar surface area (TPSA) is 85.1 Å². The number of aromatic nitrogens is 1. The van der Waals surface area contributed by atoms with Crippen LogP contribution in [0.25, 0.3) is 22.2 Å². The lowest BCUT2D eigenvalue weighted by molar-refractivity contribution is 0.1000. The largest absolute Gasteiger partial charge is 0.365 e. The Morgan fingerprint density at radius 3 is 2.74 bits per heavy atom. The molecule has 1 aliphatic rings. The van der Waals surface area contributed by atoms with E-state index in [1.807, 2.05) is 55.5 Å². The molecule has 0 fully saturated rings. The second kappa shape index (κ2) is 9.03. The van der Waals surface area contributed by atoms with Crippen LogP contribution in [0.2, 0.25) is 0 Å². The number of amides is 2. The summed E-state index contributed by atoms with van der Waals surface area (Å²) in [5.41, 5.74) is 11.3. The van der Waals surface area contributed by atoms with E-state index in [1.165, 1.54) is 16.2 Å². The highest BCUT2D eigenvalue weighted by Gasteiger charge is 2.28. The van der Waals surface area contributed by atoms with Gasteiger partial charge in [0.15, 0.2) is 0 Å². The number of thiophene rings is 1. The molecule has 34 heavy (non-hydrogen) atoms. The van der Waals surface area contributed by atoms with Crippen LogP contribution in [-0.4, -0.2) is 16.8 Å². The Morgan fingerprint density at radius 2 is 1.97 bits per heavy atom. The Bertz CT molecular complexity index is 1420. The van der Waals surface area contributed by atoms with Crippen molar-refractivity contribution >= 4 is 39.1 Å². The zero-order chi connectivity index (χ0) is 23.8. The predicted octanol–water partition coefficient (Wildman–Crippen LogP) is 6.14. The van der Waals surface area contributed by atoms with Crippen molar-refractivity contribution in [1.82, 2.24) is 4.98 Å². The van der Waals surface area contributed by atoms with E-state index < -0.39 is 5.91 Å². The van der Waals surface area contributed by atoms with Crippen molar-refractivity contribution in [1.29, 1.82) is 0 Å². The number of nitrogens with two attached hydrogens (primary N) is 1. The quantitative estimate of drug-likeness (QED) is 0.368. The smallest absolute Gasteiger partial charge is 0.257 e. The van der Waals surface area contributed by atoms with Crippen molar-refractivity contribution in [2.24, 2.45) is 11.7 Å². The molecule has 2 aromatic heterocycles. The fourth-order valence-corrected chi connectivity index (χ4v) is 6.20. The lowest BCUT2D eigenvalue weighted by atomic mass is 9.85. The summed E-state index contributed by atoms with van der Waals surface area (Å²) >= 11 is 1.49. The summed E-state index contributed by atoms with van der Waals surface area (Å²) < 4.78 is 0. The molecule has 0 radical (unpaired) electrons. The maximum atomic E-state index is 13.6. The third-order valence-corrected chi connectivity index (χ3v) is 7.86. The van der Waals surface area contributed by atoms with E-state index in [-0.39, 0.29) is 5.91 Å². The van der Waals surface area contributed by atoms with Crippen molar-refractivity contribution in [2.75, 3.05) is 5.32 Å². The van der Waals surface area contributed by atoms with Gasteiger partial charge in [-0.3, -0.25) is 9.59 Å². The molecule has 5 nitrogen and oxygen atoms in total. The highest BCUT2D eigenvalue weighted by molar-refractivity contribution is 7.17. The summed E-state index contributed by atoms with van der Waals surface area (Å²) in [5, 5.41) is 4.35. The molecule has 0 bridgehead atoms. The average molecular weight is 470 g/mol. The van der Waals surface area contributed by atoms with Gasteiger partial charge in [0, 0.05) is 15.8 Å². The van der Waals surface area contributed by atoms with E-state index in [0.717, 1.165) is 59.0 Å². The van der Waals surface area contributed by atoms with Crippen molar-refractivity contribution < 1.29 is 9.59 Å². The van der Waals surface area contributed by atoms with Gasteiger partial charge in [-0.15, -0.1) is 11.3 Å². The Balaban J connectivity index is 1.57. The first-order chi connectivity index (χ1) is 16.4. The summed E-state index contributed by atoms with van der Waals surface area (Å²) in [4.78, 5) is 31.9. The molecular weight excluding hydrogens is 442 g/mol. The number of hydrogen-bond donors (Lipinski definition) is 2. The van der Waals surface area contributed by atoms with E-state index >= 15 is 0 Å². The number of carbonyl (C=O) groups is 2. The van der Waals surface area contributed by atoms with Crippen LogP contribution in [0.3, 0.4) is 0 Å². The van der Waals surface area contributed by atoms with Gasteiger partial charge in [0.05, 0.1) is 22.3 Å². The number of hydrogen-bond acceptors (Lipinski definition) is 4. The molecule has 4 aromatic rings. The minimum Gasteiger partial charge on any atom is -0.365 e. The number of pyridine rings is 1. The van der Waals surface area contributed by atoms with Crippen LogP contribution in [0.4, 0.5) is 5.00 Å². The molecule has 3 N–H and O–H groups in total. The molecular formula is C28H27N3O2S. The van der Waals surface area contributed by atoms with Gasteiger partial charge < -0.3 is 11.1 Å². The summed E-state index contributed by atoms with van der Waals surface area (Å²) in [6.07, 6.45) is 3.91. The summed E-state index contributed by atoms with van der Waals surface area (Å²) in [6, 6.07) is 17.5. The predicted molar refractivity (Wildman–Crippen MR) is 139 cm³/mol. The third-order valence-electron chi connectivity index (χ3n) is 6.69. The van der Waals surface area contributed by atoms with Crippen molar-refractivity contribution in [2.45, 2.75) is 39.5 Å². The molecule has 0 saturated carbocycles. The first-order valence-electron chi connectivity index (χ1n) is 11.7. The van der Waals surface area contributed by atoms with Gasteiger partial charge in [-0.2, -0.15) is 0 Å². The van der Waals surface area contributed by atoms with Gasteiger partial charge >= 0.3 is 0 Å². The number of rotatable bonds is 5. The molecule has 5 rings (SSSR count). The van der Waals surface area contributed by atoms with E-state index in [2.05, 4.69) is 18.3 Å². The van der Waals surface area contributed by atoms with E-state index in [4.69, 9.17) is 10.7 Å². The zero-order valence-electron chi connectivity index (χ0n) is 19.4. The van der Waals surface area contributed by atoms with Crippen LogP contribution in [0.15, 0.2) is 54.6 Å². The number of aryl methyl sites for hydroxylation is 1. The van der Waals surface area contributed by atoms with E-state index in [0.29, 0.717) is 22.0 Å². The molecule has 0 spiro atoms. The van der Waals surface area contributed by atoms with Crippen LogP contribution < -0.4 is 11.1 Å². The second-order valence-electron chi connectivity index (χ2n) is 8.99. The minimum atomic E-state index is -0.484. The number of nitrogens with one attached hydrogen (secondary N) is 1. The number of benzene rings is 2. The van der Waals surface area contributed by atoms with Gasteiger partial charge in [0.1, 0.15) is 5.00 Å². The van der Waals surface area contributed by atoms with Gasteiger partial charge in [0.25, 0.3) is 11.8 Å². The first-order valence-corrected chi connectivity index (χ1v) is 12.5. The third kappa shape index (κ3) is 4.10. The van der Waals surface area contributed by atoms with Crippen LogP contribution in [0, 0.1) is 12.8 Å². The Hall–Kier alpha value is -3.51. The lowest BCUT2D eigenvalue weighted by Crippen LogP contribution is -2.20. The molecule has 172 valence electrons. The average Bonchev–Trinajstić information content (AvgIpc) is 3.20. The number of nitrogens with zero attached hydrogens (tertiary/aromatic N) is 1. The van der Waals surface area contributed by atoms with Crippen LogP contribution in [0.5, 0.6) is 0 Å². The van der Waals surface area contributed by atoms with Gasteiger partial charge in [0.2, 0.25) is 0 Å². The first kappa shape index (κ1) is 22.3. The Labute approximate surface area is 203 Å². The highest BCUT2D eigenvalue weighted by atomic mass is 32.1. The molecule has 1 aliphatic carbocycles. The number of anilines is 1. The lowest BCUT2D eigenvalue weighted by Gasteiger charge is -2.20. The molecule has 1 atom stereocenters. The van der Waals surface area contributed by atoms with Gasteiger partial charge in [-0.05, 0) is 55.9 Å². The number of primary amides is 1. The highest BCUT2D eigenvalue weighted by Crippen LogP contribution is 2.40. The summed E-state index contributed by atoms with van der Waals surface area (Å²) in [7, 11) is 0. The zero-order valence-corrected chi connectivity index (χ0v) is 20.2. The summed E-state index contributed by atoms with van der Waals surface area (Å²) in [6.45, 7) is 4.23. The standard InChI is InChI=1S/C28H27N3O2S/c1-3-17-11-12-20-24(14-17)34-28(25(20)26(29)32)31-27(33)21-15-23(18-8-6-7-16(2)13-18)30-22-10-5-4-9-19(21)22/h4-10,13,15,17H,3,11-12,14H2,1-2H3,(H2,29,32)(H,31,33)/t17-/m1/s1. The molecule has 2 amide bonds. The molecule has 0 unspecified atom stereocenters. The second-order valence-corrected chi connectivity index (χ2v) is 10.1. The molecule has 0 aliphatic heterocycles. The Morgan fingerprint density at radius 1 is 1.15 bits per heavy atom. The number of fused-ring (bicyclic) bond motifs is 2. The van der Waals surface area contributed by atoms with Gasteiger partial charge in [-0.25, -0.2) is 4.98 Å². The fraction of sp³-hybridized carbons (Fsp3) is 0.250. The van der Waals surface area contributed by atoms with Gasteiger partial charge in [-0.1, -0.05) is 55.3 Å². The monoisotopic (exact) mass is 469 g/mol. The normalized spacial score (nSPS) is 15.2. The minimum absolute atomic E-state index is 0.263. The SMILES string of the molecule is CC[C@@H]1CCc2c(sc(NC(=O)c3cc(-c4cccc(C)c4)nc4ccccc34)c2C(N)=O)C1. The number of para-hydroxylation sites is 1. The van der Waals surface area contributed by atoms with E-state index in [1.54, 1.807) is 0 Å². The maximum Gasteiger partial charge on any atom is 0.257 e. The van der Waals surface area contributed by atoms with Crippen molar-refractivity contribution in [3.63, 3.8) is 0 Å². The van der Waals surface area contributed by atoms with Crippen molar-refractivity contribution in [3.8, 4) is 11.3 Å².